The first-order chi connectivity index (χ1) is 10.8. The summed E-state index contributed by atoms with van der Waals surface area (Å²) >= 11 is 0. The van der Waals surface area contributed by atoms with Crippen LogP contribution in [-0.4, -0.2) is 48.9 Å². The summed E-state index contributed by atoms with van der Waals surface area (Å²) in [5.74, 6) is 0.725. The second kappa shape index (κ2) is 6.76. The van der Waals surface area contributed by atoms with Gasteiger partial charge in [0.25, 0.3) is 0 Å². The minimum atomic E-state index is -0.513. The van der Waals surface area contributed by atoms with Crippen molar-refractivity contribution in [2.75, 3.05) is 25.5 Å². The second-order valence-electron chi connectivity index (χ2n) is 6.41. The summed E-state index contributed by atoms with van der Waals surface area (Å²) in [5.41, 5.74) is 0.160. The standard InChI is InChI=1S/C16H23N3O4/c1-16(2,3)23-15(21)19-9-12(10-19)18-14(20)17-11-5-7-13(22-4)8-6-11/h5-8,12H,9-10H2,1-4H3,(H2,17,18,20). The molecule has 1 heterocycles. The van der Waals surface area contributed by atoms with Crippen molar-refractivity contribution < 1.29 is 19.1 Å². The van der Waals surface area contributed by atoms with Gasteiger partial charge in [-0.1, -0.05) is 0 Å². The zero-order valence-electron chi connectivity index (χ0n) is 13.9. The van der Waals surface area contributed by atoms with Gasteiger partial charge in [0.1, 0.15) is 11.4 Å². The molecule has 0 unspecified atom stereocenters. The Labute approximate surface area is 135 Å². The lowest BCUT2D eigenvalue weighted by Crippen LogP contribution is -2.62. The summed E-state index contributed by atoms with van der Waals surface area (Å²) in [5, 5.41) is 5.54. The number of amides is 3. The molecule has 1 fully saturated rings. The number of nitrogens with zero attached hydrogens (tertiary/aromatic N) is 1. The van der Waals surface area contributed by atoms with Gasteiger partial charge in [0.05, 0.1) is 13.2 Å². The van der Waals surface area contributed by atoms with Crippen LogP contribution in [-0.2, 0) is 4.74 Å². The van der Waals surface area contributed by atoms with Crippen molar-refractivity contribution in [1.29, 1.82) is 0 Å². The van der Waals surface area contributed by atoms with Crippen molar-refractivity contribution in [1.82, 2.24) is 10.2 Å². The second-order valence-corrected chi connectivity index (χ2v) is 6.41. The molecule has 2 N–H and O–H groups in total. The highest BCUT2D eigenvalue weighted by Gasteiger charge is 2.34. The number of carbonyl (C=O) groups excluding carboxylic acids is 2. The SMILES string of the molecule is COc1ccc(NC(=O)NC2CN(C(=O)OC(C)(C)C)C2)cc1. The molecule has 1 aromatic carbocycles. The molecule has 1 saturated heterocycles. The largest absolute Gasteiger partial charge is 0.497 e. The van der Waals surface area contributed by atoms with E-state index < -0.39 is 5.60 Å². The predicted octanol–water partition coefficient (Wildman–Crippen LogP) is 2.44. The van der Waals surface area contributed by atoms with E-state index in [4.69, 9.17) is 9.47 Å². The molecule has 23 heavy (non-hydrogen) atoms. The molecule has 126 valence electrons. The van der Waals surface area contributed by atoms with Crippen LogP contribution in [0.5, 0.6) is 5.75 Å². The van der Waals surface area contributed by atoms with Crippen LogP contribution < -0.4 is 15.4 Å². The highest BCUT2D eigenvalue weighted by atomic mass is 16.6. The van der Waals surface area contributed by atoms with Crippen molar-refractivity contribution >= 4 is 17.8 Å². The van der Waals surface area contributed by atoms with Crippen LogP contribution in [0.3, 0.4) is 0 Å². The normalized spacial score (nSPS) is 14.7. The summed E-state index contributed by atoms with van der Waals surface area (Å²) < 4.78 is 10.3. The van der Waals surface area contributed by atoms with Crippen LogP contribution in [0, 0.1) is 0 Å². The Kier molecular flexibility index (Phi) is 4.98. The summed E-state index contributed by atoms with van der Waals surface area (Å²) in [6, 6.07) is 6.68. The maximum atomic E-state index is 11.9. The Bertz CT molecular complexity index is 560. The van der Waals surface area contributed by atoms with Gasteiger partial charge in [-0.25, -0.2) is 9.59 Å². The van der Waals surface area contributed by atoms with Gasteiger partial charge < -0.3 is 25.0 Å². The summed E-state index contributed by atoms with van der Waals surface area (Å²) in [7, 11) is 1.59. The van der Waals surface area contributed by atoms with E-state index in [2.05, 4.69) is 10.6 Å². The number of anilines is 1. The van der Waals surface area contributed by atoms with Crippen LogP contribution in [0.2, 0.25) is 0 Å². The Balaban J connectivity index is 1.72. The number of methoxy groups -OCH3 is 1. The molecule has 0 spiro atoms. The van der Waals surface area contributed by atoms with E-state index in [9.17, 15) is 9.59 Å². The first-order valence-electron chi connectivity index (χ1n) is 7.46. The summed E-state index contributed by atoms with van der Waals surface area (Å²) in [4.78, 5) is 25.2. The van der Waals surface area contributed by atoms with Gasteiger partial charge in [0.15, 0.2) is 0 Å². The van der Waals surface area contributed by atoms with Gasteiger partial charge in [-0.3, -0.25) is 0 Å². The number of benzene rings is 1. The van der Waals surface area contributed by atoms with Crippen molar-refractivity contribution in [2.45, 2.75) is 32.4 Å². The number of likely N-dealkylation sites (tertiary alicyclic amines) is 1. The number of hydrogen-bond acceptors (Lipinski definition) is 4. The molecule has 0 saturated carbocycles. The fourth-order valence-electron chi connectivity index (χ4n) is 2.07. The Hall–Kier alpha value is -2.44. The van der Waals surface area contributed by atoms with Crippen molar-refractivity contribution in [2.24, 2.45) is 0 Å². The quantitative estimate of drug-likeness (QED) is 0.896. The first-order valence-corrected chi connectivity index (χ1v) is 7.46. The highest BCUT2D eigenvalue weighted by Crippen LogP contribution is 2.16. The fraction of sp³-hybridized carbons (Fsp3) is 0.500. The Morgan fingerprint density at radius 1 is 1.17 bits per heavy atom. The van der Waals surface area contributed by atoms with Gasteiger partial charge >= 0.3 is 12.1 Å². The monoisotopic (exact) mass is 321 g/mol. The van der Waals surface area contributed by atoms with Crippen LogP contribution in [0.25, 0.3) is 0 Å². The molecule has 7 heteroatoms. The van der Waals surface area contributed by atoms with Gasteiger partial charge in [-0.05, 0) is 45.0 Å². The topological polar surface area (TPSA) is 79.9 Å². The third-order valence-electron chi connectivity index (χ3n) is 3.22. The third-order valence-corrected chi connectivity index (χ3v) is 3.22. The average Bonchev–Trinajstić information content (AvgIpc) is 2.41. The van der Waals surface area contributed by atoms with E-state index in [-0.39, 0.29) is 18.2 Å². The number of rotatable bonds is 3. The maximum Gasteiger partial charge on any atom is 0.410 e. The van der Waals surface area contributed by atoms with Gasteiger partial charge in [-0.15, -0.1) is 0 Å². The average molecular weight is 321 g/mol. The number of nitrogens with one attached hydrogen (secondary N) is 2. The molecule has 0 atom stereocenters. The first kappa shape index (κ1) is 16.9. The smallest absolute Gasteiger partial charge is 0.410 e. The molecule has 1 aliphatic heterocycles. The molecular weight excluding hydrogens is 298 g/mol. The van der Waals surface area contributed by atoms with Crippen molar-refractivity contribution in [3.63, 3.8) is 0 Å². The molecular formula is C16H23N3O4. The Morgan fingerprint density at radius 2 is 1.78 bits per heavy atom. The van der Waals surface area contributed by atoms with Crippen LogP contribution in [0.1, 0.15) is 20.8 Å². The van der Waals surface area contributed by atoms with Crippen LogP contribution >= 0.6 is 0 Å². The van der Waals surface area contributed by atoms with Crippen LogP contribution in [0.4, 0.5) is 15.3 Å². The van der Waals surface area contributed by atoms with Crippen molar-refractivity contribution in [3.8, 4) is 5.75 Å². The molecule has 0 bridgehead atoms. The van der Waals surface area contributed by atoms with E-state index in [1.54, 1.807) is 36.3 Å². The van der Waals surface area contributed by atoms with E-state index in [1.807, 2.05) is 20.8 Å². The zero-order chi connectivity index (χ0) is 17.0. The van der Waals surface area contributed by atoms with Crippen LogP contribution in [0.15, 0.2) is 24.3 Å². The van der Waals surface area contributed by atoms with Gasteiger partial charge in [-0.2, -0.15) is 0 Å². The van der Waals surface area contributed by atoms with Gasteiger partial charge in [0.2, 0.25) is 0 Å². The number of hydrogen-bond donors (Lipinski definition) is 2. The van der Waals surface area contributed by atoms with E-state index in [0.29, 0.717) is 18.8 Å². The molecule has 2 rings (SSSR count). The number of carbonyl (C=O) groups is 2. The molecule has 3 amide bonds. The van der Waals surface area contributed by atoms with E-state index in [0.717, 1.165) is 5.75 Å². The van der Waals surface area contributed by atoms with E-state index >= 15 is 0 Å². The number of ether oxygens (including phenoxy) is 2. The number of urea groups is 1. The summed E-state index contributed by atoms with van der Waals surface area (Å²) in [6.45, 7) is 6.37. The molecule has 1 aromatic rings. The molecule has 0 radical (unpaired) electrons. The molecule has 0 aromatic heterocycles. The predicted molar refractivity (Wildman–Crippen MR) is 86.7 cm³/mol. The summed E-state index contributed by atoms with van der Waals surface area (Å²) in [6.07, 6.45) is -0.355. The third kappa shape index (κ3) is 5.05. The highest BCUT2D eigenvalue weighted by molar-refractivity contribution is 5.89. The zero-order valence-corrected chi connectivity index (χ0v) is 13.9. The van der Waals surface area contributed by atoms with Crippen molar-refractivity contribution in [3.05, 3.63) is 24.3 Å². The fourth-order valence-corrected chi connectivity index (χ4v) is 2.07. The lowest BCUT2D eigenvalue weighted by molar-refractivity contribution is 0.00649. The Morgan fingerprint density at radius 3 is 2.30 bits per heavy atom. The minimum Gasteiger partial charge on any atom is -0.497 e. The molecule has 7 nitrogen and oxygen atoms in total. The minimum absolute atomic E-state index is 0.0687. The molecule has 0 aliphatic carbocycles. The molecule has 1 aliphatic rings. The maximum absolute atomic E-state index is 11.9. The lowest BCUT2D eigenvalue weighted by Gasteiger charge is -2.39. The lowest BCUT2D eigenvalue weighted by atomic mass is 10.1. The van der Waals surface area contributed by atoms with E-state index in [1.165, 1.54) is 0 Å². The van der Waals surface area contributed by atoms with Gasteiger partial charge in [0, 0.05) is 18.8 Å².